The maximum atomic E-state index is 12.0. The Balaban J connectivity index is 1.54. The van der Waals surface area contributed by atoms with E-state index in [-0.39, 0.29) is 18.9 Å². The van der Waals surface area contributed by atoms with Crippen LogP contribution in [0.2, 0.25) is 0 Å². The molecule has 3 N–H and O–H groups in total. The number of terminal acetylenes is 1. The fourth-order valence-corrected chi connectivity index (χ4v) is 3.37. The van der Waals surface area contributed by atoms with Gasteiger partial charge in [-0.15, -0.1) is 12.3 Å². The molecule has 0 saturated heterocycles. The predicted octanol–water partition coefficient (Wildman–Crippen LogP) is 2.12. The molecule has 0 radical (unpaired) electrons. The van der Waals surface area contributed by atoms with E-state index in [1.165, 1.54) is 0 Å². The van der Waals surface area contributed by atoms with Gasteiger partial charge in [-0.3, -0.25) is 4.79 Å². The number of nitrogens with one attached hydrogen (secondary N) is 2. The minimum absolute atomic E-state index is 0.0889. The predicted molar refractivity (Wildman–Crippen MR) is 106 cm³/mol. The van der Waals surface area contributed by atoms with E-state index in [1.807, 2.05) is 48.5 Å². The minimum atomic E-state index is -1.24. The number of fused-ring (bicyclic) bond motifs is 3. The monoisotopic (exact) mass is 392 g/mol. The van der Waals surface area contributed by atoms with Crippen LogP contribution in [0, 0.1) is 12.3 Å². The average molecular weight is 392 g/mol. The lowest BCUT2D eigenvalue weighted by atomic mass is 9.98. The fourth-order valence-electron chi connectivity index (χ4n) is 3.37. The Kier molecular flexibility index (Phi) is 6.15. The lowest BCUT2D eigenvalue weighted by Gasteiger charge is -2.15. The lowest BCUT2D eigenvalue weighted by molar-refractivity contribution is -0.141. The maximum Gasteiger partial charge on any atom is 0.407 e. The zero-order chi connectivity index (χ0) is 20.8. The van der Waals surface area contributed by atoms with E-state index in [0.717, 1.165) is 22.3 Å². The molecular formula is C22H20N2O5. The molecule has 2 amide bonds. The van der Waals surface area contributed by atoms with Crippen molar-refractivity contribution >= 4 is 18.0 Å². The van der Waals surface area contributed by atoms with Crippen molar-refractivity contribution in [3.63, 3.8) is 0 Å². The highest BCUT2D eigenvalue weighted by atomic mass is 16.5. The molecule has 0 unspecified atom stereocenters. The van der Waals surface area contributed by atoms with Crippen molar-refractivity contribution < 1.29 is 24.2 Å². The van der Waals surface area contributed by atoms with Crippen molar-refractivity contribution in [2.75, 3.05) is 13.2 Å². The first-order valence-corrected chi connectivity index (χ1v) is 9.05. The molecule has 0 saturated carbocycles. The molecule has 3 rings (SSSR count). The Morgan fingerprint density at radius 2 is 1.66 bits per heavy atom. The van der Waals surface area contributed by atoms with E-state index >= 15 is 0 Å². The molecule has 7 nitrogen and oxygen atoms in total. The van der Waals surface area contributed by atoms with Gasteiger partial charge in [0, 0.05) is 12.3 Å². The van der Waals surface area contributed by atoms with Crippen molar-refractivity contribution in [2.24, 2.45) is 0 Å². The van der Waals surface area contributed by atoms with Crippen LogP contribution in [0.25, 0.3) is 11.1 Å². The van der Waals surface area contributed by atoms with E-state index in [1.54, 1.807) is 0 Å². The van der Waals surface area contributed by atoms with Crippen LogP contribution in [0.4, 0.5) is 4.79 Å². The third kappa shape index (κ3) is 4.55. The molecule has 0 bridgehead atoms. The van der Waals surface area contributed by atoms with Crippen molar-refractivity contribution in [3.05, 3.63) is 59.7 Å². The molecule has 0 fully saturated rings. The highest BCUT2D eigenvalue weighted by Gasteiger charge is 2.29. The van der Waals surface area contributed by atoms with Crippen molar-refractivity contribution in [3.8, 4) is 23.5 Å². The Bertz CT molecular complexity index is 934. The van der Waals surface area contributed by atoms with Crippen molar-refractivity contribution in [2.45, 2.75) is 18.4 Å². The van der Waals surface area contributed by atoms with Gasteiger partial charge in [-0.05, 0) is 22.3 Å². The van der Waals surface area contributed by atoms with Gasteiger partial charge in [-0.25, -0.2) is 9.59 Å². The van der Waals surface area contributed by atoms with E-state index in [4.69, 9.17) is 16.3 Å². The van der Waals surface area contributed by atoms with E-state index in [2.05, 4.69) is 16.6 Å². The topological polar surface area (TPSA) is 105 Å². The van der Waals surface area contributed by atoms with Crippen LogP contribution in [0.5, 0.6) is 0 Å². The van der Waals surface area contributed by atoms with Crippen LogP contribution in [0.1, 0.15) is 23.5 Å². The molecule has 0 aliphatic heterocycles. The van der Waals surface area contributed by atoms with Gasteiger partial charge in [-0.2, -0.15) is 0 Å². The second-order valence-corrected chi connectivity index (χ2v) is 6.55. The molecule has 7 heteroatoms. The second kappa shape index (κ2) is 8.93. The first-order chi connectivity index (χ1) is 14.0. The van der Waals surface area contributed by atoms with Crippen molar-refractivity contribution in [1.82, 2.24) is 10.6 Å². The number of carbonyl (C=O) groups is 3. The summed E-state index contributed by atoms with van der Waals surface area (Å²) in [5, 5.41) is 13.5. The van der Waals surface area contributed by atoms with Crippen LogP contribution in [0.15, 0.2) is 48.5 Å². The summed E-state index contributed by atoms with van der Waals surface area (Å²) in [7, 11) is 0. The molecule has 0 heterocycles. The molecular weight excluding hydrogens is 372 g/mol. The summed E-state index contributed by atoms with van der Waals surface area (Å²) < 4.78 is 5.31. The summed E-state index contributed by atoms with van der Waals surface area (Å²) in [5.74, 6) is 0.187. The van der Waals surface area contributed by atoms with Crippen LogP contribution < -0.4 is 10.6 Å². The molecule has 2 aromatic rings. The lowest BCUT2D eigenvalue weighted by Crippen LogP contribution is -2.45. The number of ether oxygens (including phenoxy) is 1. The van der Waals surface area contributed by atoms with Gasteiger partial charge in [0.2, 0.25) is 5.91 Å². The number of benzene rings is 2. The molecule has 29 heavy (non-hydrogen) atoms. The van der Waals surface area contributed by atoms with Crippen LogP contribution in [-0.2, 0) is 14.3 Å². The van der Waals surface area contributed by atoms with Crippen LogP contribution in [0.3, 0.4) is 0 Å². The van der Waals surface area contributed by atoms with Crippen molar-refractivity contribution in [1.29, 1.82) is 0 Å². The number of aliphatic carboxylic acids is 1. The van der Waals surface area contributed by atoms with Gasteiger partial charge in [0.05, 0.1) is 0 Å². The summed E-state index contributed by atoms with van der Waals surface area (Å²) in [6.07, 6.45) is 4.17. The Morgan fingerprint density at radius 1 is 1.07 bits per heavy atom. The molecule has 1 atom stereocenters. The number of rotatable bonds is 7. The standard InChI is InChI=1S/C22H20N2O5/c1-2-7-19(21(26)27)24-20(25)12-23-22(28)29-13-18-16-10-5-3-8-14(16)15-9-4-6-11-17(15)18/h1,3-6,8-11,18-19H,7,12-13H2,(H,23,28)(H,24,25)(H,26,27)/t19-/m0/s1. The molecule has 1 aliphatic carbocycles. The molecule has 1 aliphatic rings. The highest BCUT2D eigenvalue weighted by Crippen LogP contribution is 2.44. The summed E-state index contributed by atoms with van der Waals surface area (Å²) in [6.45, 7) is -0.290. The highest BCUT2D eigenvalue weighted by molar-refractivity contribution is 5.86. The van der Waals surface area contributed by atoms with Gasteiger partial charge in [0.15, 0.2) is 0 Å². The van der Waals surface area contributed by atoms with Gasteiger partial charge < -0.3 is 20.5 Å². The summed E-state index contributed by atoms with van der Waals surface area (Å²) in [6, 6.07) is 14.7. The normalized spacial score (nSPS) is 12.8. The second-order valence-electron chi connectivity index (χ2n) is 6.55. The SMILES string of the molecule is C#CC[C@H](NC(=O)CNC(=O)OCC1c2ccccc2-c2ccccc21)C(=O)O. The molecule has 0 spiro atoms. The molecule has 2 aromatic carbocycles. The summed E-state index contributed by atoms with van der Waals surface area (Å²) in [5.41, 5.74) is 4.39. The van der Waals surface area contributed by atoms with Gasteiger partial charge >= 0.3 is 12.1 Å². The molecule has 148 valence electrons. The Labute approximate surface area is 168 Å². The van der Waals surface area contributed by atoms with Gasteiger partial charge in [-0.1, -0.05) is 48.5 Å². The third-order valence-electron chi connectivity index (χ3n) is 4.69. The number of alkyl carbamates (subject to hydrolysis) is 1. The Morgan fingerprint density at radius 3 is 2.21 bits per heavy atom. The first-order valence-electron chi connectivity index (χ1n) is 9.05. The third-order valence-corrected chi connectivity index (χ3v) is 4.69. The van der Waals surface area contributed by atoms with Crippen LogP contribution in [-0.4, -0.2) is 42.3 Å². The maximum absolute atomic E-state index is 12.0. The van der Waals surface area contributed by atoms with E-state index < -0.39 is 30.6 Å². The first kappa shape index (κ1) is 20.0. The molecule has 0 aromatic heterocycles. The average Bonchev–Trinajstić information content (AvgIpc) is 3.04. The summed E-state index contributed by atoms with van der Waals surface area (Å²) >= 11 is 0. The number of hydrogen-bond acceptors (Lipinski definition) is 4. The number of hydrogen-bond donors (Lipinski definition) is 3. The minimum Gasteiger partial charge on any atom is -0.480 e. The Hall–Kier alpha value is -3.79. The number of carboxylic acids is 1. The smallest absolute Gasteiger partial charge is 0.407 e. The number of amides is 2. The quantitative estimate of drug-likeness (QED) is 0.626. The fraction of sp³-hybridized carbons (Fsp3) is 0.227. The van der Waals surface area contributed by atoms with E-state index in [0.29, 0.717) is 0 Å². The van der Waals surface area contributed by atoms with Gasteiger partial charge in [0.1, 0.15) is 19.2 Å². The number of carboxylic acid groups (broad SMARTS) is 1. The largest absolute Gasteiger partial charge is 0.480 e. The van der Waals surface area contributed by atoms with E-state index in [9.17, 15) is 14.4 Å². The van der Waals surface area contributed by atoms with Gasteiger partial charge in [0.25, 0.3) is 0 Å². The van der Waals surface area contributed by atoms with Crippen LogP contribution >= 0.6 is 0 Å². The number of carbonyl (C=O) groups excluding carboxylic acids is 2. The summed E-state index contributed by atoms with van der Waals surface area (Å²) in [4.78, 5) is 34.8. The zero-order valence-corrected chi connectivity index (χ0v) is 15.6. The zero-order valence-electron chi connectivity index (χ0n) is 15.6.